The van der Waals surface area contributed by atoms with Gasteiger partial charge in [-0.05, 0) is 36.4 Å². The lowest BCUT2D eigenvalue weighted by Crippen LogP contribution is -2.09. The van der Waals surface area contributed by atoms with Crippen molar-refractivity contribution in [3.8, 4) is 0 Å². The fourth-order valence-electron chi connectivity index (χ4n) is 2.27. The SMILES string of the molecule is CS(=O)(=O)c1ccc(C(=O)OCc2nc(N)c3ccccc3n2)cc1. The van der Waals surface area contributed by atoms with Crippen LogP contribution in [0.25, 0.3) is 10.9 Å². The molecule has 2 N–H and O–H groups in total. The fraction of sp³-hybridized carbons (Fsp3) is 0.118. The van der Waals surface area contributed by atoms with Crippen LogP contribution < -0.4 is 5.73 Å². The summed E-state index contributed by atoms with van der Waals surface area (Å²) in [6.07, 6.45) is 1.10. The molecular weight excluding hydrogens is 342 g/mol. The zero-order valence-corrected chi connectivity index (χ0v) is 14.2. The van der Waals surface area contributed by atoms with Crippen molar-refractivity contribution in [1.82, 2.24) is 9.97 Å². The van der Waals surface area contributed by atoms with Crippen LogP contribution in [0.3, 0.4) is 0 Å². The molecule has 0 spiro atoms. The van der Waals surface area contributed by atoms with E-state index in [1.807, 2.05) is 18.2 Å². The van der Waals surface area contributed by atoms with Gasteiger partial charge in [0.2, 0.25) is 0 Å². The number of carbonyl (C=O) groups excluding carboxylic acids is 1. The number of ether oxygens (including phenoxy) is 1. The topological polar surface area (TPSA) is 112 Å². The normalized spacial score (nSPS) is 11.4. The Labute approximate surface area is 144 Å². The van der Waals surface area contributed by atoms with Crippen LogP contribution >= 0.6 is 0 Å². The molecule has 0 unspecified atom stereocenters. The van der Waals surface area contributed by atoms with Gasteiger partial charge in [-0.2, -0.15) is 0 Å². The first-order valence-electron chi connectivity index (χ1n) is 7.33. The molecule has 0 amide bonds. The predicted molar refractivity (Wildman–Crippen MR) is 92.6 cm³/mol. The highest BCUT2D eigenvalue weighted by atomic mass is 32.2. The molecule has 25 heavy (non-hydrogen) atoms. The number of nitrogens with zero attached hydrogens (tertiary/aromatic N) is 2. The maximum Gasteiger partial charge on any atom is 0.338 e. The largest absolute Gasteiger partial charge is 0.454 e. The molecule has 1 aromatic heterocycles. The zero-order chi connectivity index (χ0) is 18.0. The lowest BCUT2D eigenvalue weighted by Gasteiger charge is -2.07. The van der Waals surface area contributed by atoms with E-state index >= 15 is 0 Å². The van der Waals surface area contributed by atoms with Crippen molar-refractivity contribution in [2.24, 2.45) is 0 Å². The van der Waals surface area contributed by atoms with Gasteiger partial charge in [0.25, 0.3) is 0 Å². The van der Waals surface area contributed by atoms with E-state index in [-0.39, 0.29) is 22.9 Å². The molecule has 3 rings (SSSR count). The van der Waals surface area contributed by atoms with Crippen molar-refractivity contribution in [3.63, 3.8) is 0 Å². The molecule has 7 nitrogen and oxygen atoms in total. The minimum atomic E-state index is -3.31. The Balaban J connectivity index is 1.74. The van der Waals surface area contributed by atoms with E-state index in [0.29, 0.717) is 11.3 Å². The van der Waals surface area contributed by atoms with E-state index < -0.39 is 15.8 Å². The number of benzene rings is 2. The second-order valence-electron chi connectivity index (χ2n) is 5.41. The maximum absolute atomic E-state index is 12.1. The molecule has 0 radical (unpaired) electrons. The van der Waals surface area contributed by atoms with Crippen LogP contribution in [0.4, 0.5) is 5.82 Å². The van der Waals surface area contributed by atoms with Gasteiger partial charge in [-0.25, -0.2) is 23.2 Å². The highest BCUT2D eigenvalue weighted by Gasteiger charge is 2.12. The van der Waals surface area contributed by atoms with Gasteiger partial charge in [-0.15, -0.1) is 0 Å². The summed E-state index contributed by atoms with van der Waals surface area (Å²) in [5.74, 6) is 0.00171. The van der Waals surface area contributed by atoms with Crippen LogP contribution in [-0.2, 0) is 21.2 Å². The molecule has 0 bridgehead atoms. The molecule has 128 valence electrons. The van der Waals surface area contributed by atoms with E-state index in [9.17, 15) is 13.2 Å². The second-order valence-corrected chi connectivity index (χ2v) is 7.43. The lowest BCUT2D eigenvalue weighted by atomic mass is 10.2. The Morgan fingerprint density at radius 2 is 1.76 bits per heavy atom. The predicted octanol–water partition coefficient (Wildman–Crippen LogP) is 1.97. The molecule has 0 aliphatic heterocycles. The van der Waals surface area contributed by atoms with E-state index in [1.54, 1.807) is 6.07 Å². The standard InChI is InChI=1S/C17H15N3O4S/c1-25(22,23)12-8-6-11(7-9-12)17(21)24-10-15-19-14-5-3-2-4-13(14)16(18)20-15/h2-9H,10H2,1H3,(H2,18,19,20). The summed E-state index contributed by atoms with van der Waals surface area (Å²) in [5, 5.41) is 0.731. The van der Waals surface area contributed by atoms with Gasteiger partial charge in [-0.1, -0.05) is 12.1 Å². The maximum atomic E-state index is 12.1. The van der Waals surface area contributed by atoms with Crippen LogP contribution in [0.1, 0.15) is 16.2 Å². The number of hydrogen-bond donors (Lipinski definition) is 1. The number of nitrogens with two attached hydrogens (primary N) is 1. The highest BCUT2D eigenvalue weighted by molar-refractivity contribution is 7.90. The minimum Gasteiger partial charge on any atom is -0.454 e. The van der Waals surface area contributed by atoms with Crippen LogP contribution in [0.15, 0.2) is 53.4 Å². The summed E-state index contributed by atoms with van der Waals surface area (Å²) in [5.41, 5.74) is 6.79. The first-order valence-corrected chi connectivity index (χ1v) is 9.22. The molecule has 8 heteroatoms. The van der Waals surface area contributed by atoms with E-state index in [2.05, 4.69) is 9.97 Å². The van der Waals surface area contributed by atoms with E-state index in [1.165, 1.54) is 24.3 Å². The number of aromatic nitrogens is 2. The number of para-hydroxylation sites is 1. The quantitative estimate of drug-likeness (QED) is 0.710. The summed E-state index contributed by atoms with van der Waals surface area (Å²) >= 11 is 0. The Hall–Kier alpha value is -3.00. The van der Waals surface area contributed by atoms with Crippen molar-refractivity contribution in [1.29, 1.82) is 0 Å². The number of esters is 1. The average molecular weight is 357 g/mol. The Kier molecular flexibility index (Phi) is 4.37. The molecule has 0 saturated heterocycles. The van der Waals surface area contributed by atoms with Gasteiger partial charge in [0.05, 0.1) is 16.0 Å². The third kappa shape index (κ3) is 3.74. The molecule has 0 fully saturated rings. The summed E-state index contributed by atoms with van der Waals surface area (Å²) in [6.45, 7) is -0.137. The van der Waals surface area contributed by atoms with E-state index in [4.69, 9.17) is 10.5 Å². The van der Waals surface area contributed by atoms with Crippen molar-refractivity contribution in [2.75, 3.05) is 12.0 Å². The Morgan fingerprint density at radius 1 is 1.08 bits per heavy atom. The van der Waals surface area contributed by atoms with Crippen molar-refractivity contribution in [2.45, 2.75) is 11.5 Å². The molecule has 0 atom stereocenters. The smallest absolute Gasteiger partial charge is 0.338 e. The zero-order valence-electron chi connectivity index (χ0n) is 13.3. The molecule has 0 aliphatic rings. The van der Waals surface area contributed by atoms with Gasteiger partial charge in [-0.3, -0.25) is 0 Å². The summed E-state index contributed by atoms with van der Waals surface area (Å²) in [7, 11) is -3.31. The third-order valence-corrected chi connectivity index (χ3v) is 4.66. The molecule has 3 aromatic rings. The van der Waals surface area contributed by atoms with Crippen LogP contribution in [0, 0.1) is 0 Å². The first-order chi connectivity index (χ1) is 11.8. The van der Waals surface area contributed by atoms with Crippen molar-refractivity contribution < 1.29 is 17.9 Å². The Morgan fingerprint density at radius 3 is 2.44 bits per heavy atom. The van der Waals surface area contributed by atoms with Gasteiger partial charge < -0.3 is 10.5 Å². The lowest BCUT2D eigenvalue weighted by molar-refractivity contribution is 0.0462. The molecule has 0 aliphatic carbocycles. The van der Waals surface area contributed by atoms with Gasteiger partial charge in [0.1, 0.15) is 5.82 Å². The average Bonchev–Trinajstić information content (AvgIpc) is 2.59. The van der Waals surface area contributed by atoms with Gasteiger partial charge in [0.15, 0.2) is 22.3 Å². The van der Waals surface area contributed by atoms with Gasteiger partial charge in [0, 0.05) is 11.6 Å². The summed E-state index contributed by atoms with van der Waals surface area (Å²) in [6, 6.07) is 12.8. The van der Waals surface area contributed by atoms with Crippen LogP contribution in [-0.4, -0.2) is 30.6 Å². The van der Waals surface area contributed by atoms with Crippen molar-refractivity contribution >= 4 is 32.5 Å². The summed E-state index contributed by atoms with van der Waals surface area (Å²) in [4.78, 5) is 20.6. The van der Waals surface area contributed by atoms with Gasteiger partial charge >= 0.3 is 5.97 Å². The third-order valence-electron chi connectivity index (χ3n) is 3.53. The highest BCUT2D eigenvalue weighted by Crippen LogP contribution is 2.17. The Bertz CT molecular complexity index is 1050. The molecular formula is C17H15N3O4S. The minimum absolute atomic E-state index is 0.134. The van der Waals surface area contributed by atoms with E-state index in [0.717, 1.165) is 11.6 Å². The molecule has 0 saturated carbocycles. The number of anilines is 1. The fourth-order valence-corrected chi connectivity index (χ4v) is 2.90. The second kappa shape index (κ2) is 6.48. The number of rotatable bonds is 4. The van der Waals surface area contributed by atoms with Crippen LogP contribution in [0.5, 0.6) is 0 Å². The molecule has 1 heterocycles. The first kappa shape index (κ1) is 16.8. The number of fused-ring (bicyclic) bond motifs is 1. The number of nitrogen functional groups attached to an aromatic ring is 1. The molecule has 2 aromatic carbocycles. The van der Waals surface area contributed by atoms with Crippen molar-refractivity contribution in [3.05, 3.63) is 59.9 Å². The number of hydrogen-bond acceptors (Lipinski definition) is 7. The number of sulfone groups is 1. The monoisotopic (exact) mass is 357 g/mol. The van der Waals surface area contributed by atoms with Crippen LogP contribution in [0.2, 0.25) is 0 Å². The number of carbonyl (C=O) groups is 1. The summed E-state index contributed by atoms with van der Waals surface area (Å²) < 4.78 is 28.0.